The molecule has 2 heterocycles. The first-order chi connectivity index (χ1) is 7.20. The molecular formula is C10H10N2O3. The molecule has 0 aliphatic rings. The number of fused-ring (bicyclic) bond motifs is 1. The van der Waals surface area contributed by atoms with Crippen LogP contribution in [-0.2, 0) is 11.3 Å². The van der Waals surface area contributed by atoms with Gasteiger partial charge >= 0.3 is 5.97 Å². The van der Waals surface area contributed by atoms with Gasteiger partial charge in [-0.3, -0.25) is 0 Å². The number of aromatic nitrogens is 2. The SMILES string of the molecule is COCc1cn2ccc(C(=O)O)cc2n1. The second kappa shape index (κ2) is 3.70. The number of carboxylic acid groups (broad SMARTS) is 1. The van der Waals surface area contributed by atoms with E-state index >= 15 is 0 Å². The van der Waals surface area contributed by atoms with E-state index < -0.39 is 5.97 Å². The van der Waals surface area contributed by atoms with Crippen LogP contribution in [0.2, 0.25) is 0 Å². The summed E-state index contributed by atoms with van der Waals surface area (Å²) in [4.78, 5) is 14.9. The highest BCUT2D eigenvalue weighted by Crippen LogP contribution is 2.08. The van der Waals surface area contributed by atoms with E-state index in [1.807, 2.05) is 6.20 Å². The molecule has 2 aromatic rings. The van der Waals surface area contributed by atoms with Crippen LogP contribution >= 0.6 is 0 Å². The molecule has 5 nitrogen and oxygen atoms in total. The second-order valence-electron chi connectivity index (χ2n) is 3.15. The number of pyridine rings is 1. The Bertz CT molecular complexity index is 504. The Kier molecular flexibility index (Phi) is 2.39. The molecule has 2 aromatic heterocycles. The molecule has 0 aromatic carbocycles. The van der Waals surface area contributed by atoms with Crippen molar-refractivity contribution in [3.8, 4) is 0 Å². The first-order valence-electron chi connectivity index (χ1n) is 4.40. The largest absolute Gasteiger partial charge is 0.478 e. The van der Waals surface area contributed by atoms with Gasteiger partial charge in [0.25, 0.3) is 0 Å². The zero-order chi connectivity index (χ0) is 10.8. The van der Waals surface area contributed by atoms with Gasteiger partial charge < -0.3 is 14.2 Å². The summed E-state index contributed by atoms with van der Waals surface area (Å²) in [6.07, 6.45) is 3.48. The molecule has 0 unspecified atom stereocenters. The highest BCUT2D eigenvalue weighted by atomic mass is 16.5. The number of hydrogen-bond donors (Lipinski definition) is 1. The summed E-state index contributed by atoms with van der Waals surface area (Å²) in [5.41, 5.74) is 1.62. The fourth-order valence-corrected chi connectivity index (χ4v) is 1.38. The highest BCUT2D eigenvalue weighted by molar-refractivity contribution is 5.88. The van der Waals surface area contributed by atoms with Crippen molar-refractivity contribution in [3.63, 3.8) is 0 Å². The first-order valence-corrected chi connectivity index (χ1v) is 4.40. The summed E-state index contributed by atoms with van der Waals surface area (Å²) < 4.78 is 6.71. The first kappa shape index (κ1) is 9.67. The number of hydrogen-bond acceptors (Lipinski definition) is 3. The van der Waals surface area contributed by atoms with E-state index in [-0.39, 0.29) is 5.56 Å². The molecule has 0 spiro atoms. The number of imidazole rings is 1. The Morgan fingerprint density at radius 1 is 1.67 bits per heavy atom. The number of methoxy groups -OCH3 is 1. The Balaban J connectivity index is 2.47. The molecule has 0 fully saturated rings. The number of aromatic carboxylic acids is 1. The van der Waals surface area contributed by atoms with Gasteiger partial charge in [-0.25, -0.2) is 9.78 Å². The summed E-state index contributed by atoms with van der Waals surface area (Å²) >= 11 is 0. The maximum absolute atomic E-state index is 10.7. The van der Waals surface area contributed by atoms with Crippen molar-refractivity contribution in [1.82, 2.24) is 9.38 Å². The van der Waals surface area contributed by atoms with Crippen molar-refractivity contribution in [3.05, 3.63) is 35.8 Å². The summed E-state index contributed by atoms with van der Waals surface area (Å²) in [5, 5.41) is 8.79. The lowest BCUT2D eigenvalue weighted by atomic mass is 10.3. The number of carbonyl (C=O) groups is 1. The lowest BCUT2D eigenvalue weighted by Gasteiger charge is -1.94. The molecule has 0 atom stereocenters. The molecule has 0 aliphatic carbocycles. The molecule has 15 heavy (non-hydrogen) atoms. The van der Waals surface area contributed by atoms with Crippen LogP contribution in [0.3, 0.4) is 0 Å². The normalized spacial score (nSPS) is 10.7. The molecule has 5 heteroatoms. The van der Waals surface area contributed by atoms with Gasteiger partial charge in [0, 0.05) is 19.5 Å². The van der Waals surface area contributed by atoms with Crippen molar-refractivity contribution < 1.29 is 14.6 Å². The zero-order valence-corrected chi connectivity index (χ0v) is 8.17. The summed E-state index contributed by atoms with van der Waals surface area (Å²) in [5.74, 6) is -0.950. The summed E-state index contributed by atoms with van der Waals surface area (Å²) in [6.45, 7) is 0.421. The number of nitrogens with zero attached hydrogens (tertiary/aromatic N) is 2. The molecule has 0 saturated heterocycles. The van der Waals surface area contributed by atoms with Crippen LogP contribution in [0.4, 0.5) is 0 Å². The van der Waals surface area contributed by atoms with Gasteiger partial charge in [-0.15, -0.1) is 0 Å². The Labute approximate surface area is 85.9 Å². The van der Waals surface area contributed by atoms with Crippen LogP contribution < -0.4 is 0 Å². The molecule has 0 aliphatic heterocycles. The minimum atomic E-state index is -0.950. The van der Waals surface area contributed by atoms with Crippen LogP contribution in [-0.4, -0.2) is 27.6 Å². The summed E-state index contributed by atoms with van der Waals surface area (Å²) in [6, 6.07) is 3.06. The zero-order valence-electron chi connectivity index (χ0n) is 8.17. The maximum atomic E-state index is 10.7. The quantitative estimate of drug-likeness (QED) is 0.818. The van der Waals surface area contributed by atoms with E-state index in [0.717, 1.165) is 5.69 Å². The van der Waals surface area contributed by atoms with Gasteiger partial charge in [-0.2, -0.15) is 0 Å². The average Bonchev–Trinajstić information content (AvgIpc) is 2.59. The number of rotatable bonds is 3. The minimum absolute atomic E-state index is 0.233. The Morgan fingerprint density at radius 2 is 2.47 bits per heavy atom. The van der Waals surface area contributed by atoms with E-state index in [1.54, 1.807) is 17.7 Å². The standard InChI is InChI=1S/C10H10N2O3/c1-15-6-8-5-12-3-2-7(10(13)14)4-9(12)11-8/h2-5H,6H2,1H3,(H,13,14). The van der Waals surface area contributed by atoms with E-state index in [0.29, 0.717) is 12.3 Å². The molecule has 1 N–H and O–H groups in total. The third-order valence-electron chi connectivity index (χ3n) is 2.05. The average molecular weight is 206 g/mol. The van der Waals surface area contributed by atoms with E-state index in [9.17, 15) is 4.79 Å². The summed E-state index contributed by atoms with van der Waals surface area (Å²) in [7, 11) is 1.59. The Morgan fingerprint density at radius 3 is 3.13 bits per heavy atom. The highest BCUT2D eigenvalue weighted by Gasteiger charge is 2.06. The van der Waals surface area contributed by atoms with Crippen LogP contribution in [0.1, 0.15) is 16.1 Å². The van der Waals surface area contributed by atoms with Gasteiger partial charge in [0.15, 0.2) is 0 Å². The monoisotopic (exact) mass is 206 g/mol. The fourth-order valence-electron chi connectivity index (χ4n) is 1.38. The number of carboxylic acids is 1. The predicted octanol–water partition coefficient (Wildman–Crippen LogP) is 1.18. The van der Waals surface area contributed by atoms with Gasteiger partial charge in [-0.1, -0.05) is 0 Å². The smallest absolute Gasteiger partial charge is 0.335 e. The van der Waals surface area contributed by atoms with Gasteiger partial charge in [0.2, 0.25) is 0 Å². The van der Waals surface area contributed by atoms with Crippen LogP contribution in [0.5, 0.6) is 0 Å². The van der Waals surface area contributed by atoms with Crippen LogP contribution in [0, 0.1) is 0 Å². The van der Waals surface area contributed by atoms with Crippen molar-refractivity contribution in [2.24, 2.45) is 0 Å². The third kappa shape index (κ3) is 1.82. The fraction of sp³-hybridized carbons (Fsp3) is 0.200. The molecular weight excluding hydrogens is 196 g/mol. The minimum Gasteiger partial charge on any atom is -0.478 e. The molecule has 0 saturated carbocycles. The molecule has 78 valence electrons. The molecule has 0 bridgehead atoms. The Hall–Kier alpha value is -1.88. The van der Waals surface area contributed by atoms with Crippen molar-refractivity contribution in [2.75, 3.05) is 7.11 Å². The second-order valence-corrected chi connectivity index (χ2v) is 3.15. The van der Waals surface area contributed by atoms with Crippen molar-refractivity contribution in [1.29, 1.82) is 0 Å². The molecule has 2 rings (SSSR count). The predicted molar refractivity (Wildman–Crippen MR) is 52.9 cm³/mol. The maximum Gasteiger partial charge on any atom is 0.335 e. The van der Waals surface area contributed by atoms with Gasteiger partial charge in [0.1, 0.15) is 5.65 Å². The lowest BCUT2D eigenvalue weighted by molar-refractivity contribution is 0.0697. The van der Waals surface area contributed by atoms with Gasteiger partial charge in [-0.05, 0) is 12.1 Å². The van der Waals surface area contributed by atoms with Crippen molar-refractivity contribution >= 4 is 11.6 Å². The van der Waals surface area contributed by atoms with Crippen molar-refractivity contribution in [2.45, 2.75) is 6.61 Å². The van der Waals surface area contributed by atoms with Gasteiger partial charge in [0.05, 0.1) is 17.9 Å². The lowest BCUT2D eigenvalue weighted by Crippen LogP contribution is -1.96. The van der Waals surface area contributed by atoms with E-state index in [4.69, 9.17) is 9.84 Å². The molecule has 0 radical (unpaired) electrons. The number of ether oxygens (including phenoxy) is 1. The van der Waals surface area contributed by atoms with Crippen LogP contribution in [0.15, 0.2) is 24.5 Å². The molecule has 0 amide bonds. The van der Waals surface area contributed by atoms with E-state index in [2.05, 4.69) is 4.98 Å². The van der Waals surface area contributed by atoms with Crippen LogP contribution in [0.25, 0.3) is 5.65 Å². The van der Waals surface area contributed by atoms with E-state index in [1.165, 1.54) is 12.1 Å². The topological polar surface area (TPSA) is 63.8 Å². The third-order valence-corrected chi connectivity index (χ3v) is 2.05.